The summed E-state index contributed by atoms with van der Waals surface area (Å²) in [7, 11) is 0. The van der Waals surface area contributed by atoms with Gasteiger partial charge in [-0.2, -0.15) is 0 Å². The molecular weight excluding hydrogens is 388 g/mol. The Morgan fingerprint density at radius 3 is 2.59 bits per heavy atom. The van der Waals surface area contributed by atoms with Crippen LogP contribution in [-0.2, 0) is 16.1 Å². The Morgan fingerprint density at radius 1 is 1.07 bits per heavy atom. The molecule has 0 saturated heterocycles. The van der Waals surface area contributed by atoms with E-state index in [-0.39, 0.29) is 18.8 Å². The second-order valence-electron chi connectivity index (χ2n) is 5.85. The van der Waals surface area contributed by atoms with E-state index in [9.17, 15) is 23.2 Å². The lowest BCUT2D eigenvalue weighted by Gasteiger charge is -2.09. The van der Waals surface area contributed by atoms with Crippen LogP contribution in [0.5, 0.6) is 0 Å². The van der Waals surface area contributed by atoms with Crippen LogP contribution in [0.15, 0.2) is 51.7 Å². The van der Waals surface area contributed by atoms with Crippen LogP contribution >= 0.6 is 0 Å². The topological polar surface area (TPSA) is 94.8 Å². The Kier molecular flexibility index (Phi) is 5.87. The van der Waals surface area contributed by atoms with Gasteiger partial charge >= 0.3 is 17.7 Å². The molecule has 0 spiro atoms. The number of hydrogen-bond donors (Lipinski definition) is 1. The molecule has 0 radical (unpaired) electrons. The highest BCUT2D eigenvalue weighted by atomic mass is 19.1. The van der Waals surface area contributed by atoms with Crippen molar-refractivity contribution in [2.75, 3.05) is 11.9 Å². The standard InChI is InChI=1S/C20H15F2NO6/c1-2-27-20(26)23-13-4-6-14-11(7-18(24)29-17(14)9-13)10-28-19(25)15-5-3-12(21)8-16(15)22/h3-9H,2,10H2,1H3,(H,23,26). The van der Waals surface area contributed by atoms with Gasteiger partial charge in [0.15, 0.2) is 0 Å². The first kappa shape index (κ1) is 20.0. The fourth-order valence-corrected chi connectivity index (χ4v) is 2.59. The fourth-order valence-electron chi connectivity index (χ4n) is 2.59. The van der Waals surface area contributed by atoms with Crippen LogP contribution in [0.2, 0.25) is 0 Å². The predicted molar refractivity (Wildman–Crippen MR) is 98.6 cm³/mol. The molecule has 1 heterocycles. The number of hydrogen-bond acceptors (Lipinski definition) is 6. The molecule has 1 amide bonds. The second-order valence-corrected chi connectivity index (χ2v) is 5.85. The molecule has 3 aromatic rings. The van der Waals surface area contributed by atoms with Gasteiger partial charge < -0.3 is 13.9 Å². The number of esters is 1. The number of nitrogens with one attached hydrogen (secondary N) is 1. The van der Waals surface area contributed by atoms with E-state index in [1.807, 2.05) is 0 Å². The third kappa shape index (κ3) is 4.75. The molecule has 1 N–H and O–H groups in total. The Balaban J connectivity index is 1.82. The zero-order chi connectivity index (χ0) is 21.0. The fraction of sp³-hybridized carbons (Fsp3) is 0.150. The van der Waals surface area contributed by atoms with Gasteiger partial charge in [-0.15, -0.1) is 0 Å². The van der Waals surface area contributed by atoms with Crippen LogP contribution < -0.4 is 10.9 Å². The van der Waals surface area contributed by atoms with Gasteiger partial charge in [0.25, 0.3) is 0 Å². The maximum absolute atomic E-state index is 13.7. The monoisotopic (exact) mass is 403 g/mol. The molecule has 0 fully saturated rings. The average molecular weight is 403 g/mol. The molecule has 0 aliphatic rings. The third-order valence-electron chi connectivity index (χ3n) is 3.86. The van der Waals surface area contributed by atoms with E-state index in [2.05, 4.69) is 5.32 Å². The molecule has 0 bridgehead atoms. The Hall–Kier alpha value is -3.75. The summed E-state index contributed by atoms with van der Waals surface area (Å²) in [6.07, 6.45) is -0.666. The largest absolute Gasteiger partial charge is 0.457 e. The summed E-state index contributed by atoms with van der Waals surface area (Å²) >= 11 is 0. The van der Waals surface area contributed by atoms with E-state index in [4.69, 9.17) is 13.9 Å². The molecule has 0 saturated carbocycles. The molecule has 3 rings (SSSR count). The minimum Gasteiger partial charge on any atom is -0.457 e. The van der Waals surface area contributed by atoms with Crippen LogP contribution in [0, 0.1) is 11.6 Å². The number of carbonyl (C=O) groups is 2. The Morgan fingerprint density at radius 2 is 1.86 bits per heavy atom. The Bertz CT molecular complexity index is 1140. The van der Waals surface area contributed by atoms with E-state index in [0.717, 1.165) is 18.2 Å². The van der Waals surface area contributed by atoms with Gasteiger partial charge in [0.05, 0.1) is 12.2 Å². The number of carbonyl (C=O) groups excluding carboxylic acids is 2. The second kappa shape index (κ2) is 8.51. The minimum atomic E-state index is -1.05. The van der Waals surface area contributed by atoms with E-state index in [1.54, 1.807) is 19.1 Å². The average Bonchev–Trinajstić information content (AvgIpc) is 2.65. The maximum atomic E-state index is 13.7. The van der Waals surface area contributed by atoms with E-state index < -0.39 is 34.9 Å². The number of ether oxygens (including phenoxy) is 2. The lowest BCUT2D eigenvalue weighted by molar-refractivity contribution is 0.0468. The van der Waals surface area contributed by atoms with Crippen LogP contribution in [0.25, 0.3) is 11.0 Å². The smallest absolute Gasteiger partial charge is 0.411 e. The summed E-state index contributed by atoms with van der Waals surface area (Å²) in [6, 6.07) is 8.13. The van der Waals surface area contributed by atoms with Crippen LogP contribution in [-0.4, -0.2) is 18.7 Å². The summed E-state index contributed by atoms with van der Waals surface area (Å²) in [4.78, 5) is 35.4. The van der Waals surface area contributed by atoms with Gasteiger partial charge in [0.2, 0.25) is 0 Å². The van der Waals surface area contributed by atoms with Gasteiger partial charge in [0.1, 0.15) is 23.8 Å². The van der Waals surface area contributed by atoms with Crippen LogP contribution in [0.3, 0.4) is 0 Å². The SMILES string of the molecule is CCOC(=O)Nc1ccc2c(COC(=O)c3ccc(F)cc3F)cc(=O)oc2c1. The quantitative estimate of drug-likeness (QED) is 0.511. The zero-order valence-electron chi connectivity index (χ0n) is 15.2. The summed E-state index contributed by atoms with van der Waals surface area (Å²) in [5.74, 6) is -2.88. The van der Waals surface area contributed by atoms with Crippen molar-refractivity contribution < 1.29 is 32.3 Å². The molecule has 0 aliphatic carbocycles. The summed E-state index contributed by atoms with van der Waals surface area (Å²) < 4.78 is 41.6. The number of rotatable bonds is 5. The molecular formula is C20H15F2NO6. The first-order chi connectivity index (χ1) is 13.9. The minimum absolute atomic E-state index is 0.144. The van der Waals surface area contributed by atoms with E-state index in [1.165, 1.54) is 6.07 Å². The molecule has 0 atom stereocenters. The van der Waals surface area contributed by atoms with Gasteiger partial charge in [-0.1, -0.05) is 0 Å². The first-order valence-electron chi connectivity index (χ1n) is 8.50. The zero-order valence-corrected chi connectivity index (χ0v) is 15.2. The summed E-state index contributed by atoms with van der Waals surface area (Å²) in [5, 5.41) is 2.93. The number of halogens is 2. The first-order valence-corrected chi connectivity index (χ1v) is 8.50. The molecule has 150 valence electrons. The van der Waals surface area contributed by atoms with Gasteiger partial charge in [-0.05, 0) is 31.2 Å². The number of benzene rings is 2. The van der Waals surface area contributed by atoms with Crippen molar-refractivity contribution >= 4 is 28.7 Å². The molecule has 1 aromatic heterocycles. The molecule has 0 unspecified atom stereocenters. The predicted octanol–water partition coefficient (Wildman–Crippen LogP) is 4.00. The van der Waals surface area contributed by atoms with Crippen molar-refractivity contribution in [3.63, 3.8) is 0 Å². The molecule has 29 heavy (non-hydrogen) atoms. The molecule has 7 nitrogen and oxygen atoms in total. The lowest BCUT2D eigenvalue weighted by atomic mass is 10.1. The lowest BCUT2D eigenvalue weighted by Crippen LogP contribution is -2.13. The van der Waals surface area contributed by atoms with Crippen molar-refractivity contribution in [2.24, 2.45) is 0 Å². The number of amides is 1. The third-order valence-corrected chi connectivity index (χ3v) is 3.86. The normalized spacial score (nSPS) is 10.6. The van der Waals surface area contributed by atoms with Crippen molar-refractivity contribution in [1.82, 2.24) is 0 Å². The van der Waals surface area contributed by atoms with Gasteiger partial charge in [-0.3, -0.25) is 5.32 Å². The van der Waals surface area contributed by atoms with Crippen molar-refractivity contribution in [2.45, 2.75) is 13.5 Å². The van der Waals surface area contributed by atoms with E-state index in [0.29, 0.717) is 22.7 Å². The number of fused-ring (bicyclic) bond motifs is 1. The summed E-state index contributed by atoms with van der Waals surface area (Å²) in [6.45, 7) is 1.51. The molecule has 9 heteroatoms. The van der Waals surface area contributed by atoms with Crippen molar-refractivity contribution in [3.8, 4) is 0 Å². The number of anilines is 1. The van der Waals surface area contributed by atoms with Crippen molar-refractivity contribution in [3.05, 3.63) is 75.6 Å². The highest BCUT2D eigenvalue weighted by Gasteiger charge is 2.16. The van der Waals surface area contributed by atoms with Crippen LogP contribution in [0.1, 0.15) is 22.8 Å². The van der Waals surface area contributed by atoms with Gasteiger partial charge in [0, 0.05) is 34.8 Å². The summed E-state index contributed by atoms with van der Waals surface area (Å²) in [5.41, 5.74) is -0.341. The Labute approximate surface area is 162 Å². The van der Waals surface area contributed by atoms with Crippen molar-refractivity contribution in [1.29, 1.82) is 0 Å². The maximum Gasteiger partial charge on any atom is 0.411 e. The van der Waals surface area contributed by atoms with Crippen LogP contribution in [0.4, 0.5) is 19.3 Å². The molecule has 0 aliphatic heterocycles. The molecule has 2 aromatic carbocycles. The highest BCUT2D eigenvalue weighted by molar-refractivity contribution is 5.91. The highest BCUT2D eigenvalue weighted by Crippen LogP contribution is 2.22. The van der Waals surface area contributed by atoms with E-state index >= 15 is 0 Å². The van der Waals surface area contributed by atoms with Gasteiger partial charge in [-0.25, -0.2) is 23.2 Å².